The van der Waals surface area contributed by atoms with E-state index in [1.165, 1.54) is 33.5 Å². The van der Waals surface area contributed by atoms with Gasteiger partial charge < -0.3 is 19.5 Å². The molecular formula is C16H16ClN3O4S. The zero-order chi connectivity index (χ0) is 18.4. The molecule has 25 heavy (non-hydrogen) atoms. The maximum absolute atomic E-state index is 12.4. The van der Waals surface area contributed by atoms with Crippen molar-refractivity contribution in [3.8, 4) is 17.2 Å². The Hall–Kier alpha value is -2.58. The number of nitrogens with zero attached hydrogens (tertiary/aromatic N) is 1. The van der Waals surface area contributed by atoms with Gasteiger partial charge in [-0.15, -0.1) is 0 Å². The Morgan fingerprint density at radius 1 is 1.16 bits per heavy atom. The molecule has 1 aromatic carbocycles. The monoisotopic (exact) mass is 381 g/mol. The van der Waals surface area contributed by atoms with E-state index in [9.17, 15) is 4.79 Å². The number of halogens is 1. The van der Waals surface area contributed by atoms with Crippen molar-refractivity contribution in [1.82, 2.24) is 10.3 Å². The molecule has 0 radical (unpaired) electrons. The molecule has 132 valence electrons. The van der Waals surface area contributed by atoms with Gasteiger partial charge in [0.1, 0.15) is 0 Å². The first kappa shape index (κ1) is 18.8. The summed E-state index contributed by atoms with van der Waals surface area (Å²) in [7, 11) is 4.42. The second kappa shape index (κ2) is 8.50. The van der Waals surface area contributed by atoms with Gasteiger partial charge in [-0.2, -0.15) is 0 Å². The largest absolute Gasteiger partial charge is 0.493 e. The van der Waals surface area contributed by atoms with Crippen LogP contribution < -0.4 is 24.8 Å². The molecule has 0 aliphatic carbocycles. The quantitative estimate of drug-likeness (QED) is 0.608. The SMILES string of the molecule is COc1cc(C(=O)NC(=S)Nc2cccnc2Cl)cc(OC)c1OC. The standard InChI is InChI=1S/C16H16ClN3O4S/c1-22-11-7-9(8-12(23-2)13(11)24-3)15(21)20-16(25)19-10-5-4-6-18-14(10)17/h4-8H,1-3H3,(H2,19,20,21,25). The number of hydrogen-bond acceptors (Lipinski definition) is 6. The molecule has 2 rings (SSSR count). The Balaban J connectivity index is 2.17. The highest BCUT2D eigenvalue weighted by Crippen LogP contribution is 2.38. The summed E-state index contributed by atoms with van der Waals surface area (Å²) >= 11 is 11.1. The molecule has 9 heteroatoms. The molecular weight excluding hydrogens is 366 g/mol. The summed E-state index contributed by atoms with van der Waals surface area (Å²) in [5.41, 5.74) is 0.773. The van der Waals surface area contributed by atoms with Crippen LogP contribution in [-0.4, -0.2) is 37.3 Å². The fraction of sp³-hybridized carbons (Fsp3) is 0.188. The van der Waals surface area contributed by atoms with Crippen molar-refractivity contribution < 1.29 is 19.0 Å². The minimum atomic E-state index is -0.447. The molecule has 2 N–H and O–H groups in total. The number of rotatable bonds is 5. The molecule has 1 aromatic heterocycles. The molecule has 0 atom stereocenters. The number of anilines is 1. The summed E-state index contributed by atoms with van der Waals surface area (Å²) in [5.74, 6) is 0.670. The molecule has 7 nitrogen and oxygen atoms in total. The van der Waals surface area contributed by atoms with Crippen molar-refractivity contribution in [2.24, 2.45) is 0 Å². The van der Waals surface area contributed by atoms with E-state index in [0.29, 0.717) is 22.9 Å². The van der Waals surface area contributed by atoms with Crippen LogP contribution in [0.25, 0.3) is 0 Å². The van der Waals surface area contributed by atoms with E-state index in [2.05, 4.69) is 15.6 Å². The van der Waals surface area contributed by atoms with Gasteiger partial charge in [-0.3, -0.25) is 10.1 Å². The summed E-state index contributed by atoms with van der Waals surface area (Å²) in [4.78, 5) is 16.3. The third kappa shape index (κ3) is 4.49. The van der Waals surface area contributed by atoms with Gasteiger partial charge in [0.2, 0.25) is 5.75 Å². The van der Waals surface area contributed by atoms with E-state index >= 15 is 0 Å². The molecule has 0 aliphatic rings. The van der Waals surface area contributed by atoms with E-state index in [4.69, 9.17) is 38.0 Å². The van der Waals surface area contributed by atoms with Crippen LogP contribution >= 0.6 is 23.8 Å². The number of benzene rings is 1. The zero-order valence-electron chi connectivity index (χ0n) is 13.8. The molecule has 0 aliphatic heterocycles. The number of carbonyl (C=O) groups is 1. The van der Waals surface area contributed by atoms with Crippen LogP contribution in [0.5, 0.6) is 17.2 Å². The molecule has 1 heterocycles. The predicted octanol–water partition coefficient (Wildman–Crippen LogP) is 2.89. The van der Waals surface area contributed by atoms with Gasteiger partial charge in [0, 0.05) is 11.8 Å². The number of ether oxygens (including phenoxy) is 3. The lowest BCUT2D eigenvalue weighted by Crippen LogP contribution is -2.34. The lowest BCUT2D eigenvalue weighted by molar-refractivity contribution is 0.0977. The average Bonchev–Trinajstić information content (AvgIpc) is 2.62. The summed E-state index contributed by atoms with van der Waals surface area (Å²) in [5, 5.41) is 5.68. The second-order valence-electron chi connectivity index (χ2n) is 4.66. The molecule has 0 saturated carbocycles. The van der Waals surface area contributed by atoms with Crippen LogP contribution in [0.4, 0.5) is 5.69 Å². The van der Waals surface area contributed by atoms with Crippen LogP contribution in [0.15, 0.2) is 30.5 Å². The Morgan fingerprint density at radius 3 is 2.32 bits per heavy atom. The molecule has 0 spiro atoms. The van der Waals surface area contributed by atoms with E-state index in [0.717, 1.165) is 0 Å². The predicted molar refractivity (Wildman–Crippen MR) is 99.0 cm³/mol. The van der Waals surface area contributed by atoms with Gasteiger partial charge in [-0.05, 0) is 36.5 Å². The third-order valence-electron chi connectivity index (χ3n) is 3.16. The van der Waals surface area contributed by atoms with Crippen molar-refractivity contribution in [1.29, 1.82) is 0 Å². The van der Waals surface area contributed by atoms with E-state index in [1.807, 2.05) is 0 Å². The minimum absolute atomic E-state index is 0.0775. The van der Waals surface area contributed by atoms with Crippen molar-refractivity contribution >= 4 is 40.5 Å². The van der Waals surface area contributed by atoms with E-state index in [-0.39, 0.29) is 15.8 Å². The summed E-state index contributed by atoms with van der Waals surface area (Å²) in [6, 6.07) is 6.43. The number of hydrogen-bond donors (Lipinski definition) is 2. The molecule has 1 amide bonds. The first-order valence-electron chi connectivity index (χ1n) is 7.03. The average molecular weight is 382 g/mol. The van der Waals surface area contributed by atoms with Crippen LogP contribution in [0.2, 0.25) is 5.15 Å². The van der Waals surface area contributed by atoms with Crippen LogP contribution in [0, 0.1) is 0 Å². The fourth-order valence-electron chi connectivity index (χ4n) is 2.02. The molecule has 0 bridgehead atoms. The van der Waals surface area contributed by atoms with Crippen molar-refractivity contribution in [3.05, 3.63) is 41.2 Å². The molecule has 0 unspecified atom stereocenters. The normalized spacial score (nSPS) is 9.92. The number of amides is 1. The number of aromatic nitrogens is 1. The van der Waals surface area contributed by atoms with Gasteiger partial charge in [0.15, 0.2) is 21.8 Å². The summed E-state index contributed by atoms with van der Waals surface area (Å²) in [6.45, 7) is 0. The van der Waals surface area contributed by atoms with Crippen molar-refractivity contribution in [3.63, 3.8) is 0 Å². The number of carbonyl (C=O) groups excluding carboxylic acids is 1. The lowest BCUT2D eigenvalue weighted by atomic mass is 10.1. The first-order chi connectivity index (χ1) is 12.0. The first-order valence-corrected chi connectivity index (χ1v) is 7.81. The van der Waals surface area contributed by atoms with Gasteiger partial charge in [0.05, 0.1) is 27.0 Å². The zero-order valence-corrected chi connectivity index (χ0v) is 15.3. The van der Waals surface area contributed by atoms with Crippen molar-refractivity contribution in [2.45, 2.75) is 0 Å². The Bertz CT molecular complexity index is 776. The Labute approximate surface area is 155 Å². The summed E-state index contributed by atoms with van der Waals surface area (Å²) < 4.78 is 15.7. The topological polar surface area (TPSA) is 81.7 Å². The Kier molecular flexibility index (Phi) is 6.37. The maximum atomic E-state index is 12.4. The second-order valence-corrected chi connectivity index (χ2v) is 5.43. The van der Waals surface area contributed by atoms with Gasteiger partial charge >= 0.3 is 0 Å². The minimum Gasteiger partial charge on any atom is -0.493 e. The summed E-state index contributed by atoms with van der Waals surface area (Å²) in [6.07, 6.45) is 1.55. The number of methoxy groups -OCH3 is 3. The number of thiocarbonyl (C=S) groups is 1. The van der Waals surface area contributed by atoms with Gasteiger partial charge in [-0.25, -0.2) is 4.98 Å². The maximum Gasteiger partial charge on any atom is 0.257 e. The highest BCUT2D eigenvalue weighted by atomic mass is 35.5. The van der Waals surface area contributed by atoms with Crippen LogP contribution in [-0.2, 0) is 0 Å². The Morgan fingerprint density at radius 2 is 1.80 bits per heavy atom. The third-order valence-corrected chi connectivity index (χ3v) is 3.67. The van der Waals surface area contributed by atoms with Gasteiger partial charge in [0.25, 0.3) is 5.91 Å². The highest BCUT2D eigenvalue weighted by Gasteiger charge is 2.17. The lowest BCUT2D eigenvalue weighted by Gasteiger charge is -2.14. The fourth-order valence-corrected chi connectivity index (χ4v) is 2.39. The smallest absolute Gasteiger partial charge is 0.257 e. The van der Waals surface area contributed by atoms with Gasteiger partial charge in [-0.1, -0.05) is 11.6 Å². The van der Waals surface area contributed by atoms with Crippen LogP contribution in [0.1, 0.15) is 10.4 Å². The molecule has 2 aromatic rings. The van der Waals surface area contributed by atoms with Crippen LogP contribution in [0.3, 0.4) is 0 Å². The van der Waals surface area contributed by atoms with Crippen molar-refractivity contribution in [2.75, 3.05) is 26.6 Å². The number of pyridine rings is 1. The van der Waals surface area contributed by atoms with E-state index < -0.39 is 5.91 Å². The molecule has 0 fully saturated rings. The molecule has 0 saturated heterocycles. The highest BCUT2D eigenvalue weighted by molar-refractivity contribution is 7.80. The number of nitrogens with one attached hydrogen (secondary N) is 2. The van der Waals surface area contributed by atoms with E-state index in [1.54, 1.807) is 18.3 Å².